The van der Waals surface area contributed by atoms with Gasteiger partial charge in [0.05, 0.1) is 35.6 Å². The molecule has 2 aromatic heterocycles. The van der Waals surface area contributed by atoms with Crippen molar-refractivity contribution in [3.63, 3.8) is 0 Å². The summed E-state index contributed by atoms with van der Waals surface area (Å²) in [6.45, 7) is 1.97. The van der Waals surface area contributed by atoms with Gasteiger partial charge in [-0.25, -0.2) is 9.79 Å². The number of nitrogens with zero attached hydrogens (tertiary/aromatic N) is 2. The van der Waals surface area contributed by atoms with E-state index in [1.807, 2.05) is 78.2 Å². The maximum absolute atomic E-state index is 13.7. The molecule has 0 aliphatic carbocycles. The number of carbonyl (C=O) groups is 1. The van der Waals surface area contributed by atoms with Crippen molar-refractivity contribution in [3.05, 3.63) is 113 Å². The molecule has 0 radical (unpaired) electrons. The van der Waals surface area contributed by atoms with E-state index in [4.69, 9.17) is 14.5 Å². The first kappa shape index (κ1) is 23.0. The number of carbonyl (C=O) groups excluding carboxylic acids is 1. The van der Waals surface area contributed by atoms with E-state index in [1.165, 1.54) is 11.3 Å². The standard InChI is InChI=1S/C27H22N2O4S2/c1-3-33-26(31)22-23(17-9-5-4-6-10-17)28-27-29(24(22)18-11-7-12-19(15-18)32-2)25(30)21(35-27)16-20-13-8-14-34-20/h4-16,24H,3H2,1-2H3/b21-16-. The molecule has 1 aliphatic heterocycles. The van der Waals surface area contributed by atoms with Crippen LogP contribution in [-0.2, 0) is 9.53 Å². The van der Waals surface area contributed by atoms with E-state index in [0.29, 0.717) is 26.4 Å². The lowest BCUT2D eigenvalue weighted by Crippen LogP contribution is -2.40. The van der Waals surface area contributed by atoms with Crippen molar-refractivity contribution in [2.75, 3.05) is 13.7 Å². The van der Waals surface area contributed by atoms with Gasteiger partial charge in [-0.15, -0.1) is 11.3 Å². The number of fused-ring (bicyclic) bond motifs is 1. The zero-order valence-electron chi connectivity index (χ0n) is 19.1. The van der Waals surface area contributed by atoms with Crippen LogP contribution in [0.15, 0.2) is 87.5 Å². The largest absolute Gasteiger partial charge is 0.497 e. The van der Waals surface area contributed by atoms with Crippen molar-refractivity contribution in [2.24, 2.45) is 4.99 Å². The van der Waals surface area contributed by atoms with Crippen LogP contribution in [0.3, 0.4) is 0 Å². The highest BCUT2D eigenvalue weighted by atomic mass is 32.1. The summed E-state index contributed by atoms with van der Waals surface area (Å²) in [7, 11) is 1.59. The fourth-order valence-electron chi connectivity index (χ4n) is 4.07. The van der Waals surface area contributed by atoms with Crippen LogP contribution in [-0.4, -0.2) is 24.3 Å². The SMILES string of the molecule is CCOC(=O)C1=C(c2ccccc2)N=c2s/c(=C\c3cccs3)c(=O)n2C1c1cccc(OC)c1. The molecule has 0 fully saturated rings. The Bertz CT molecular complexity index is 1580. The molecular weight excluding hydrogens is 480 g/mol. The Hall–Kier alpha value is -3.75. The first-order chi connectivity index (χ1) is 17.1. The van der Waals surface area contributed by atoms with Crippen LogP contribution >= 0.6 is 22.7 Å². The molecule has 0 bridgehead atoms. The quantitative estimate of drug-likeness (QED) is 0.374. The van der Waals surface area contributed by atoms with Crippen LogP contribution in [0.2, 0.25) is 0 Å². The summed E-state index contributed by atoms with van der Waals surface area (Å²) in [5.74, 6) is 0.125. The molecule has 1 unspecified atom stereocenters. The van der Waals surface area contributed by atoms with Gasteiger partial charge in [-0.3, -0.25) is 9.36 Å². The first-order valence-electron chi connectivity index (χ1n) is 11.1. The normalized spacial score (nSPS) is 15.5. The van der Waals surface area contributed by atoms with Gasteiger partial charge in [-0.1, -0.05) is 59.9 Å². The molecule has 2 aromatic carbocycles. The number of rotatable bonds is 6. The van der Waals surface area contributed by atoms with E-state index in [2.05, 4.69) is 0 Å². The highest BCUT2D eigenvalue weighted by Crippen LogP contribution is 2.36. The van der Waals surface area contributed by atoms with Crippen LogP contribution in [0.25, 0.3) is 11.8 Å². The number of hydrogen-bond acceptors (Lipinski definition) is 7. The van der Waals surface area contributed by atoms with Crippen molar-refractivity contribution < 1.29 is 14.3 Å². The molecule has 0 amide bonds. The van der Waals surface area contributed by atoms with E-state index < -0.39 is 12.0 Å². The van der Waals surface area contributed by atoms with E-state index in [0.717, 1.165) is 16.0 Å². The lowest BCUT2D eigenvalue weighted by atomic mass is 9.93. The van der Waals surface area contributed by atoms with Crippen molar-refractivity contribution in [3.8, 4) is 5.75 Å². The van der Waals surface area contributed by atoms with E-state index in [9.17, 15) is 9.59 Å². The molecule has 0 saturated heterocycles. The number of esters is 1. The molecule has 6 nitrogen and oxygen atoms in total. The van der Waals surface area contributed by atoms with Gasteiger partial charge in [0.1, 0.15) is 5.75 Å². The number of ether oxygens (including phenoxy) is 2. The van der Waals surface area contributed by atoms with Gasteiger partial charge in [0, 0.05) is 10.4 Å². The minimum Gasteiger partial charge on any atom is -0.497 e. The van der Waals surface area contributed by atoms with E-state index >= 15 is 0 Å². The zero-order valence-corrected chi connectivity index (χ0v) is 20.8. The number of thiophene rings is 1. The molecule has 0 saturated carbocycles. The predicted molar refractivity (Wildman–Crippen MR) is 138 cm³/mol. The Morgan fingerprint density at radius 2 is 1.94 bits per heavy atom. The van der Waals surface area contributed by atoms with Gasteiger partial charge in [-0.05, 0) is 42.1 Å². The van der Waals surface area contributed by atoms with Crippen molar-refractivity contribution in [1.29, 1.82) is 0 Å². The summed E-state index contributed by atoms with van der Waals surface area (Å²) in [5, 5.41) is 1.97. The second kappa shape index (κ2) is 9.85. The fourth-order valence-corrected chi connectivity index (χ4v) is 5.79. The molecule has 0 N–H and O–H groups in total. The summed E-state index contributed by atoms with van der Waals surface area (Å²) in [6.07, 6.45) is 1.87. The Balaban J connectivity index is 1.85. The second-order valence-electron chi connectivity index (χ2n) is 7.72. The summed E-state index contributed by atoms with van der Waals surface area (Å²) >= 11 is 2.87. The molecule has 1 atom stereocenters. The molecule has 1 aliphatic rings. The minimum atomic E-state index is -0.721. The average Bonchev–Trinajstić information content (AvgIpc) is 3.51. The van der Waals surface area contributed by atoms with Gasteiger partial charge < -0.3 is 9.47 Å². The Labute approximate surface area is 209 Å². The number of methoxy groups -OCH3 is 1. The maximum Gasteiger partial charge on any atom is 0.338 e. The third-order valence-corrected chi connectivity index (χ3v) is 7.40. The van der Waals surface area contributed by atoms with Crippen LogP contribution < -0.4 is 19.6 Å². The lowest BCUT2D eigenvalue weighted by molar-refractivity contribution is -0.138. The topological polar surface area (TPSA) is 69.9 Å². The van der Waals surface area contributed by atoms with Gasteiger partial charge in [0.2, 0.25) is 0 Å². The van der Waals surface area contributed by atoms with Crippen molar-refractivity contribution >= 4 is 40.4 Å². The van der Waals surface area contributed by atoms with E-state index in [-0.39, 0.29) is 12.2 Å². The number of benzene rings is 2. The van der Waals surface area contributed by atoms with Gasteiger partial charge >= 0.3 is 5.97 Å². The molecule has 8 heteroatoms. The van der Waals surface area contributed by atoms with Crippen LogP contribution in [0, 0.1) is 0 Å². The smallest absolute Gasteiger partial charge is 0.338 e. The molecule has 0 spiro atoms. The Morgan fingerprint density at radius 3 is 2.66 bits per heavy atom. The first-order valence-corrected chi connectivity index (χ1v) is 12.8. The maximum atomic E-state index is 13.7. The van der Waals surface area contributed by atoms with Crippen molar-refractivity contribution in [2.45, 2.75) is 13.0 Å². The Morgan fingerprint density at radius 1 is 1.11 bits per heavy atom. The summed E-state index contributed by atoms with van der Waals surface area (Å²) in [6, 6.07) is 20.1. The monoisotopic (exact) mass is 502 g/mol. The third-order valence-electron chi connectivity index (χ3n) is 5.60. The highest BCUT2D eigenvalue weighted by Gasteiger charge is 2.35. The van der Waals surface area contributed by atoms with Gasteiger partial charge in [0.15, 0.2) is 4.80 Å². The summed E-state index contributed by atoms with van der Waals surface area (Å²) < 4.78 is 13.1. The molecular formula is C27H22N2O4S2. The molecule has 35 heavy (non-hydrogen) atoms. The van der Waals surface area contributed by atoms with Crippen LogP contribution in [0.5, 0.6) is 5.75 Å². The predicted octanol–water partition coefficient (Wildman–Crippen LogP) is 4.01. The number of thiazole rings is 1. The van der Waals surface area contributed by atoms with Crippen LogP contribution in [0.4, 0.5) is 0 Å². The number of hydrogen-bond donors (Lipinski definition) is 0. The van der Waals surface area contributed by atoms with Crippen molar-refractivity contribution in [1.82, 2.24) is 4.57 Å². The lowest BCUT2D eigenvalue weighted by Gasteiger charge is -2.26. The minimum absolute atomic E-state index is 0.205. The molecule has 4 aromatic rings. The summed E-state index contributed by atoms with van der Waals surface area (Å²) in [5.41, 5.74) is 2.13. The Kier molecular flexibility index (Phi) is 6.48. The highest BCUT2D eigenvalue weighted by molar-refractivity contribution is 7.11. The average molecular weight is 503 g/mol. The summed E-state index contributed by atoms with van der Waals surface area (Å²) in [4.78, 5) is 33.5. The van der Waals surface area contributed by atoms with Gasteiger partial charge in [-0.2, -0.15) is 0 Å². The van der Waals surface area contributed by atoms with E-state index in [1.54, 1.807) is 29.9 Å². The second-order valence-corrected chi connectivity index (χ2v) is 9.71. The molecule has 176 valence electrons. The third kappa shape index (κ3) is 4.38. The van der Waals surface area contributed by atoms with Gasteiger partial charge in [0.25, 0.3) is 5.56 Å². The number of aromatic nitrogens is 1. The fraction of sp³-hybridized carbons (Fsp3) is 0.148. The van der Waals surface area contributed by atoms with Crippen LogP contribution in [0.1, 0.15) is 29.0 Å². The zero-order chi connectivity index (χ0) is 24.4. The molecule has 5 rings (SSSR count). The molecule has 3 heterocycles.